The molecule has 0 atom stereocenters. The van der Waals surface area contributed by atoms with Gasteiger partial charge in [-0.25, -0.2) is 0 Å². The first-order valence-electron chi connectivity index (χ1n) is 6.72. The van der Waals surface area contributed by atoms with Crippen molar-refractivity contribution < 1.29 is 9.59 Å². The molecule has 0 saturated heterocycles. The summed E-state index contributed by atoms with van der Waals surface area (Å²) in [6.07, 6.45) is 1.65. The van der Waals surface area contributed by atoms with Crippen LogP contribution in [0.5, 0.6) is 0 Å². The third-order valence-corrected chi connectivity index (χ3v) is 4.54. The van der Waals surface area contributed by atoms with Crippen molar-refractivity contribution in [1.82, 2.24) is 0 Å². The van der Waals surface area contributed by atoms with E-state index in [4.69, 9.17) is 0 Å². The van der Waals surface area contributed by atoms with Gasteiger partial charge in [-0.15, -0.1) is 11.3 Å². The van der Waals surface area contributed by atoms with Gasteiger partial charge < -0.3 is 4.90 Å². The molecule has 0 fully saturated rings. The molecule has 3 rings (SSSR count). The highest BCUT2D eigenvalue weighted by Crippen LogP contribution is 2.30. The number of amides is 1. The van der Waals surface area contributed by atoms with Crippen molar-refractivity contribution in [3.8, 4) is 0 Å². The van der Waals surface area contributed by atoms with Crippen LogP contribution in [0.3, 0.4) is 0 Å². The Morgan fingerprint density at radius 1 is 1.20 bits per heavy atom. The van der Waals surface area contributed by atoms with Crippen molar-refractivity contribution in [3.63, 3.8) is 0 Å². The van der Waals surface area contributed by atoms with Crippen molar-refractivity contribution in [3.05, 3.63) is 51.7 Å². The minimum Gasteiger partial charge on any atom is -0.304 e. The largest absolute Gasteiger partial charge is 0.304 e. The molecule has 1 amide bonds. The van der Waals surface area contributed by atoms with Gasteiger partial charge in [-0.3, -0.25) is 9.59 Å². The van der Waals surface area contributed by atoms with Crippen molar-refractivity contribution in [2.24, 2.45) is 0 Å². The van der Waals surface area contributed by atoms with Gasteiger partial charge in [-0.05, 0) is 42.0 Å². The van der Waals surface area contributed by atoms with E-state index in [2.05, 4.69) is 0 Å². The predicted octanol–water partition coefficient (Wildman–Crippen LogP) is 3.08. The predicted molar refractivity (Wildman–Crippen MR) is 80.5 cm³/mol. The molecule has 4 heteroatoms. The lowest BCUT2D eigenvalue weighted by Crippen LogP contribution is -2.31. The molecule has 0 saturated carbocycles. The van der Waals surface area contributed by atoms with Crippen LogP contribution in [-0.4, -0.2) is 18.2 Å². The van der Waals surface area contributed by atoms with Crippen LogP contribution in [0.15, 0.2) is 35.7 Å². The highest BCUT2D eigenvalue weighted by molar-refractivity contribution is 7.09. The van der Waals surface area contributed by atoms with Gasteiger partial charge in [0.05, 0.1) is 11.3 Å². The van der Waals surface area contributed by atoms with Gasteiger partial charge >= 0.3 is 0 Å². The number of nitrogens with zero attached hydrogens (tertiary/aromatic N) is 1. The molecule has 1 aromatic carbocycles. The first-order valence-corrected chi connectivity index (χ1v) is 7.60. The Balaban J connectivity index is 1.86. The second kappa shape index (κ2) is 5.21. The smallest absolute Gasteiger partial charge is 0.299 e. The standard InChI is InChI=1S/C16H15NO2S/c1-2-11-5-6-14-13(10-11)15(18)16(19)17(14)8-7-12-4-3-9-20-12/h3-6,9-10H,2,7-8H2,1H3. The number of aryl methyl sites for hydroxylation is 1. The van der Waals surface area contributed by atoms with Crippen molar-refractivity contribution >= 4 is 28.7 Å². The summed E-state index contributed by atoms with van der Waals surface area (Å²) in [5.74, 6) is -0.772. The zero-order valence-corrected chi connectivity index (χ0v) is 12.1. The second-order valence-corrected chi connectivity index (χ2v) is 5.85. The van der Waals surface area contributed by atoms with Crippen LogP contribution in [0, 0.1) is 0 Å². The van der Waals surface area contributed by atoms with E-state index in [0.717, 1.165) is 24.1 Å². The lowest BCUT2D eigenvalue weighted by atomic mass is 10.1. The highest BCUT2D eigenvalue weighted by Gasteiger charge is 2.35. The van der Waals surface area contributed by atoms with Gasteiger partial charge in [0.15, 0.2) is 0 Å². The monoisotopic (exact) mass is 285 g/mol. The second-order valence-electron chi connectivity index (χ2n) is 4.82. The fraction of sp³-hybridized carbons (Fsp3) is 0.250. The number of rotatable bonds is 4. The van der Waals surface area contributed by atoms with Crippen LogP contribution in [0.1, 0.15) is 27.7 Å². The maximum atomic E-state index is 12.1. The molecule has 0 radical (unpaired) electrons. The van der Waals surface area contributed by atoms with E-state index >= 15 is 0 Å². The summed E-state index contributed by atoms with van der Waals surface area (Å²) >= 11 is 1.67. The van der Waals surface area contributed by atoms with Gasteiger partial charge in [0, 0.05) is 11.4 Å². The first-order chi connectivity index (χ1) is 9.70. The summed E-state index contributed by atoms with van der Waals surface area (Å²) in [7, 11) is 0. The van der Waals surface area contributed by atoms with E-state index in [-0.39, 0.29) is 5.78 Å². The van der Waals surface area contributed by atoms with E-state index < -0.39 is 5.91 Å². The van der Waals surface area contributed by atoms with Crippen LogP contribution in [0.4, 0.5) is 5.69 Å². The Morgan fingerprint density at radius 2 is 2.05 bits per heavy atom. The van der Waals surface area contributed by atoms with Crippen LogP contribution >= 0.6 is 11.3 Å². The molecular formula is C16H15NO2S. The summed E-state index contributed by atoms with van der Waals surface area (Å²) in [5.41, 5.74) is 2.40. The average Bonchev–Trinajstić information content (AvgIpc) is 3.06. The number of hydrogen-bond acceptors (Lipinski definition) is 3. The van der Waals surface area contributed by atoms with Gasteiger partial charge in [0.2, 0.25) is 0 Å². The molecule has 3 nitrogen and oxygen atoms in total. The topological polar surface area (TPSA) is 37.4 Å². The van der Waals surface area contributed by atoms with Crippen LogP contribution < -0.4 is 4.90 Å². The number of Topliss-reactive ketones (excluding diaryl/α,β-unsaturated/α-hetero) is 1. The molecule has 0 aliphatic carbocycles. The zero-order chi connectivity index (χ0) is 14.1. The molecule has 1 aliphatic heterocycles. The Morgan fingerprint density at radius 3 is 2.75 bits per heavy atom. The molecule has 0 unspecified atom stereocenters. The molecule has 1 aliphatic rings. The maximum absolute atomic E-state index is 12.1. The SMILES string of the molecule is CCc1ccc2c(c1)C(=O)C(=O)N2CCc1cccs1. The average molecular weight is 285 g/mol. The number of carbonyl (C=O) groups excluding carboxylic acids is 2. The van der Waals surface area contributed by atoms with Crippen molar-refractivity contribution in [2.75, 3.05) is 11.4 Å². The summed E-state index contributed by atoms with van der Waals surface area (Å²) in [4.78, 5) is 27.0. The summed E-state index contributed by atoms with van der Waals surface area (Å²) < 4.78 is 0. The minimum atomic E-state index is -0.398. The Hall–Kier alpha value is -1.94. The molecule has 0 spiro atoms. The molecule has 0 N–H and O–H groups in total. The molecule has 2 aromatic rings. The van der Waals surface area contributed by atoms with Crippen LogP contribution in [-0.2, 0) is 17.6 Å². The first kappa shape index (κ1) is 13.1. The van der Waals surface area contributed by atoms with E-state index in [1.165, 1.54) is 4.88 Å². The molecule has 20 heavy (non-hydrogen) atoms. The third kappa shape index (κ3) is 2.16. The lowest BCUT2D eigenvalue weighted by Gasteiger charge is -2.16. The Bertz CT molecular complexity index is 661. The summed E-state index contributed by atoms with van der Waals surface area (Å²) in [5, 5.41) is 2.02. The van der Waals surface area contributed by atoms with E-state index in [1.807, 2.05) is 42.6 Å². The number of ketones is 1. The quantitative estimate of drug-likeness (QED) is 0.810. The van der Waals surface area contributed by atoms with Crippen molar-refractivity contribution in [1.29, 1.82) is 0 Å². The van der Waals surface area contributed by atoms with E-state index in [1.54, 1.807) is 16.2 Å². The molecule has 102 valence electrons. The fourth-order valence-corrected chi connectivity index (χ4v) is 3.16. The van der Waals surface area contributed by atoms with Gasteiger partial charge in [-0.2, -0.15) is 0 Å². The third-order valence-electron chi connectivity index (χ3n) is 3.61. The van der Waals surface area contributed by atoms with Crippen molar-refractivity contribution in [2.45, 2.75) is 19.8 Å². The summed E-state index contributed by atoms with van der Waals surface area (Å²) in [6, 6.07) is 9.78. The maximum Gasteiger partial charge on any atom is 0.299 e. The number of hydrogen-bond donors (Lipinski definition) is 0. The highest BCUT2D eigenvalue weighted by atomic mass is 32.1. The van der Waals surface area contributed by atoms with Gasteiger partial charge in [0.25, 0.3) is 11.7 Å². The number of fused-ring (bicyclic) bond motifs is 1. The number of carbonyl (C=O) groups is 2. The lowest BCUT2D eigenvalue weighted by molar-refractivity contribution is -0.114. The number of benzene rings is 1. The van der Waals surface area contributed by atoms with Gasteiger partial charge in [-0.1, -0.05) is 19.1 Å². The fourth-order valence-electron chi connectivity index (χ4n) is 2.47. The van der Waals surface area contributed by atoms with E-state index in [0.29, 0.717) is 12.1 Å². The van der Waals surface area contributed by atoms with Crippen LogP contribution in [0.25, 0.3) is 0 Å². The van der Waals surface area contributed by atoms with Crippen LogP contribution in [0.2, 0.25) is 0 Å². The zero-order valence-electron chi connectivity index (χ0n) is 11.3. The Labute approximate surface area is 121 Å². The number of thiophene rings is 1. The molecule has 2 heterocycles. The van der Waals surface area contributed by atoms with E-state index in [9.17, 15) is 9.59 Å². The van der Waals surface area contributed by atoms with Gasteiger partial charge in [0.1, 0.15) is 0 Å². The number of anilines is 1. The minimum absolute atomic E-state index is 0.374. The molecular weight excluding hydrogens is 270 g/mol. The normalized spacial score (nSPS) is 13.9. The molecule has 1 aromatic heterocycles. The Kier molecular flexibility index (Phi) is 3.40. The molecule has 0 bridgehead atoms. The summed E-state index contributed by atoms with van der Waals surface area (Å²) in [6.45, 7) is 2.60.